The fourth-order valence-corrected chi connectivity index (χ4v) is 8.57. The van der Waals surface area contributed by atoms with E-state index in [-0.39, 0.29) is 35.8 Å². The monoisotopic (exact) mass is 779 g/mol. The highest BCUT2D eigenvalue weighted by molar-refractivity contribution is 7.90. The average molecular weight is 780 g/mol. The van der Waals surface area contributed by atoms with Gasteiger partial charge < -0.3 is 25.0 Å². The van der Waals surface area contributed by atoms with Crippen LogP contribution in [0.2, 0.25) is 0 Å². The number of hydrogen-bond acceptors (Lipinski definition) is 9. The van der Waals surface area contributed by atoms with E-state index in [1.807, 2.05) is 66.7 Å². The van der Waals surface area contributed by atoms with Gasteiger partial charge in [-0.25, -0.2) is 18.1 Å². The molecule has 13 nitrogen and oxygen atoms in total. The minimum atomic E-state index is -4.44. The van der Waals surface area contributed by atoms with E-state index in [4.69, 9.17) is 14.5 Å². The number of likely N-dealkylation sites (tertiary alicyclic amines) is 1. The smallest absolute Gasteiger partial charge is 0.264 e. The molecule has 1 aromatic heterocycles. The molecule has 1 aliphatic carbocycles. The van der Waals surface area contributed by atoms with Gasteiger partial charge in [0.1, 0.15) is 29.2 Å². The van der Waals surface area contributed by atoms with Gasteiger partial charge in [0.15, 0.2) is 0 Å². The Hall–Kier alpha value is -5.76. The lowest BCUT2D eigenvalue weighted by molar-refractivity contribution is -0.138. The quantitative estimate of drug-likeness (QED) is 0.230. The third kappa shape index (κ3) is 8.25. The first-order chi connectivity index (χ1) is 27.0. The van der Waals surface area contributed by atoms with E-state index >= 15 is 0 Å². The Morgan fingerprint density at radius 3 is 2.52 bits per heavy atom. The SMILES string of the molecule is COc1ccc2c(O[C@@H]3C[C@@H](C(=O)N[C@]45C[C@H]4/C=C/CCCCCCNC(=O)c4cccc(c4)S(=O)(=O)NC5=O)N(C(C)=O)C3)cc(-c3ccccc3)nc2c1. The first kappa shape index (κ1) is 38.5. The molecule has 14 heteroatoms. The number of rotatable bonds is 6. The molecule has 7 rings (SSSR count). The number of amides is 4. The molecule has 0 unspecified atom stereocenters. The first-order valence-electron chi connectivity index (χ1n) is 18.9. The number of hydrogen-bond donors (Lipinski definition) is 3. The number of nitrogens with one attached hydrogen (secondary N) is 3. The van der Waals surface area contributed by atoms with E-state index in [1.165, 1.54) is 36.1 Å². The lowest BCUT2D eigenvalue weighted by Gasteiger charge is -2.25. The van der Waals surface area contributed by atoms with Crippen LogP contribution in [0.25, 0.3) is 22.2 Å². The fraction of sp³-hybridized carbons (Fsp3) is 0.357. The molecular weight excluding hydrogens is 735 g/mol. The van der Waals surface area contributed by atoms with Crippen molar-refractivity contribution in [1.82, 2.24) is 25.2 Å². The second-order valence-corrected chi connectivity index (χ2v) is 16.2. The van der Waals surface area contributed by atoms with Crippen molar-refractivity contribution in [3.63, 3.8) is 0 Å². The molecule has 56 heavy (non-hydrogen) atoms. The zero-order valence-electron chi connectivity index (χ0n) is 31.3. The molecule has 1 saturated carbocycles. The van der Waals surface area contributed by atoms with Crippen molar-refractivity contribution in [2.75, 3.05) is 20.2 Å². The number of benzene rings is 3. The molecule has 4 aromatic rings. The summed E-state index contributed by atoms with van der Waals surface area (Å²) in [6, 6.07) is 21.4. The van der Waals surface area contributed by atoms with Crippen LogP contribution in [0.5, 0.6) is 11.5 Å². The van der Waals surface area contributed by atoms with E-state index in [2.05, 4.69) is 15.4 Å². The molecular formula is C42H45N5O8S. The van der Waals surface area contributed by atoms with Gasteiger partial charge in [-0.1, -0.05) is 61.4 Å². The normalized spacial score (nSPS) is 24.4. The van der Waals surface area contributed by atoms with Crippen LogP contribution >= 0.6 is 0 Å². The first-order valence-corrected chi connectivity index (χ1v) is 20.4. The number of methoxy groups -OCH3 is 1. The Bertz CT molecular complexity index is 2300. The van der Waals surface area contributed by atoms with Gasteiger partial charge >= 0.3 is 0 Å². The van der Waals surface area contributed by atoms with Gasteiger partial charge in [-0.3, -0.25) is 19.2 Å². The van der Waals surface area contributed by atoms with Crippen LogP contribution in [-0.4, -0.2) is 79.8 Å². The Balaban J connectivity index is 1.14. The van der Waals surface area contributed by atoms with Crippen LogP contribution in [-0.2, 0) is 24.4 Å². The summed E-state index contributed by atoms with van der Waals surface area (Å²) < 4.78 is 41.3. The van der Waals surface area contributed by atoms with E-state index in [0.29, 0.717) is 29.3 Å². The van der Waals surface area contributed by atoms with Crippen molar-refractivity contribution in [2.24, 2.45) is 5.92 Å². The van der Waals surface area contributed by atoms with Crippen molar-refractivity contribution in [1.29, 1.82) is 0 Å². The van der Waals surface area contributed by atoms with Crippen LogP contribution in [0, 0.1) is 5.92 Å². The summed E-state index contributed by atoms with van der Waals surface area (Å²) in [4.78, 5) is 60.0. The van der Waals surface area contributed by atoms with Crippen LogP contribution < -0.4 is 24.8 Å². The van der Waals surface area contributed by atoms with Gasteiger partial charge in [0.2, 0.25) is 11.8 Å². The second kappa shape index (κ2) is 16.1. The number of allylic oxidation sites excluding steroid dienone is 1. The second-order valence-electron chi connectivity index (χ2n) is 14.5. The molecule has 3 N–H and O–H groups in total. The standard InChI is InChI=1S/C42H45N5O8S/c1-27(48)47-26-32(55-38-24-35(28-13-8-7-9-14-28)44-36-22-31(54-2)18-19-34(36)38)23-37(47)40(50)45-42-25-30(42)16-10-5-3-4-6-11-20-43-39(49)29-15-12-17-33(21-29)56(52,53)46-41(42)51/h7-10,12-19,21-22,24,30,32,37H,3-6,11,20,23,25-26H2,1-2H3,(H,43,49)(H,45,50)(H,46,51)/b16-10+/t30-,32-,37+,42-/m1/s1. The van der Waals surface area contributed by atoms with Gasteiger partial charge in [-0.15, -0.1) is 0 Å². The predicted octanol–water partition coefficient (Wildman–Crippen LogP) is 4.91. The highest BCUT2D eigenvalue weighted by atomic mass is 32.2. The van der Waals surface area contributed by atoms with Gasteiger partial charge in [0, 0.05) is 54.5 Å². The van der Waals surface area contributed by atoms with Gasteiger partial charge in [0.05, 0.1) is 29.8 Å². The van der Waals surface area contributed by atoms with Crippen molar-refractivity contribution in [3.8, 4) is 22.8 Å². The molecule has 1 saturated heterocycles. The number of carbonyl (C=O) groups excluding carboxylic acids is 4. The van der Waals surface area contributed by atoms with Crippen molar-refractivity contribution in [3.05, 3.63) is 96.6 Å². The predicted molar refractivity (Wildman–Crippen MR) is 209 cm³/mol. The molecule has 2 fully saturated rings. The summed E-state index contributed by atoms with van der Waals surface area (Å²) in [6.07, 6.45) is 7.77. The van der Waals surface area contributed by atoms with Gasteiger partial charge in [-0.2, -0.15) is 0 Å². The molecule has 0 radical (unpaired) electrons. The Morgan fingerprint density at radius 2 is 1.73 bits per heavy atom. The summed E-state index contributed by atoms with van der Waals surface area (Å²) in [7, 11) is -2.86. The van der Waals surface area contributed by atoms with Crippen LogP contribution in [0.3, 0.4) is 0 Å². The molecule has 3 aliphatic rings. The molecule has 0 spiro atoms. The van der Waals surface area contributed by atoms with Crippen molar-refractivity contribution >= 4 is 44.6 Å². The van der Waals surface area contributed by atoms with Crippen molar-refractivity contribution < 1.29 is 37.1 Å². The van der Waals surface area contributed by atoms with Gasteiger partial charge in [-0.05, 0) is 56.0 Å². The summed E-state index contributed by atoms with van der Waals surface area (Å²) in [6.45, 7) is 1.94. The van der Waals surface area contributed by atoms with Crippen LogP contribution in [0.4, 0.5) is 0 Å². The number of nitrogens with zero attached hydrogens (tertiary/aromatic N) is 2. The number of pyridine rings is 1. The number of sulfonamides is 1. The minimum Gasteiger partial charge on any atom is -0.497 e. The number of carbonyl (C=O) groups is 4. The lowest BCUT2D eigenvalue weighted by atomic mass is 10.1. The highest BCUT2D eigenvalue weighted by Gasteiger charge is 2.61. The maximum Gasteiger partial charge on any atom is 0.264 e. The molecule has 292 valence electrons. The van der Waals surface area contributed by atoms with E-state index in [9.17, 15) is 27.6 Å². The minimum absolute atomic E-state index is 0.106. The van der Waals surface area contributed by atoms with E-state index in [1.54, 1.807) is 7.11 Å². The van der Waals surface area contributed by atoms with Crippen LogP contribution in [0.15, 0.2) is 95.9 Å². The fourth-order valence-electron chi connectivity index (χ4n) is 7.48. The summed E-state index contributed by atoms with van der Waals surface area (Å²) >= 11 is 0. The molecule has 3 heterocycles. The zero-order valence-corrected chi connectivity index (χ0v) is 32.1. The maximum atomic E-state index is 14.2. The molecule has 4 atom stereocenters. The van der Waals surface area contributed by atoms with E-state index < -0.39 is 51.3 Å². The Labute approximate surface area is 325 Å². The zero-order chi connectivity index (χ0) is 39.5. The highest BCUT2D eigenvalue weighted by Crippen LogP contribution is 2.46. The third-order valence-corrected chi connectivity index (χ3v) is 12.0. The molecule has 2 aliphatic heterocycles. The van der Waals surface area contributed by atoms with Gasteiger partial charge in [0.25, 0.3) is 21.8 Å². The Kier molecular flexibility index (Phi) is 11.1. The molecule has 2 bridgehead atoms. The Morgan fingerprint density at radius 1 is 0.946 bits per heavy atom. The van der Waals surface area contributed by atoms with E-state index in [0.717, 1.165) is 43.1 Å². The largest absolute Gasteiger partial charge is 0.497 e. The number of aromatic nitrogens is 1. The maximum absolute atomic E-state index is 14.2. The topological polar surface area (TPSA) is 173 Å². The van der Waals surface area contributed by atoms with Crippen LogP contribution in [0.1, 0.15) is 62.2 Å². The summed E-state index contributed by atoms with van der Waals surface area (Å²) in [5, 5.41) is 6.42. The molecule has 4 amide bonds. The lowest BCUT2D eigenvalue weighted by Crippen LogP contribution is -2.56. The van der Waals surface area contributed by atoms with Crippen molar-refractivity contribution in [2.45, 2.75) is 74.4 Å². The summed E-state index contributed by atoms with van der Waals surface area (Å²) in [5.41, 5.74) is 0.765. The number of ether oxygens (including phenoxy) is 2. The summed E-state index contributed by atoms with van der Waals surface area (Å²) in [5.74, 6) is -1.59. The number of fused-ring (bicyclic) bond motifs is 4. The third-order valence-electron chi connectivity index (χ3n) is 10.7. The molecule has 3 aromatic carbocycles. The average Bonchev–Trinajstić information content (AvgIpc) is 3.72.